The van der Waals surface area contributed by atoms with Crippen LogP contribution in [0.25, 0.3) is 0 Å². The molecular formula is C17H25NO3. The van der Waals surface area contributed by atoms with E-state index in [4.69, 9.17) is 4.74 Å². The Bertz CT molecular complexity index is 519. The normalized spacial score (nSPS) is 17.6. The smallest absolute Gasteiger partial charge is 0.159 e. The molecule has 0 unspecified atom stereocenters. The first-order valence-electron chi connectivity index (χ1n) is 7.57. The number of hydrogen-bond acceptors (Lipinski definition) is 4. The highest BCUT2D eigenvalue weighted by Crippen LogP contribution is 2.31. The molecule has 0 aliphatic carbocycles. The van der Waals surface area contributed by atoms with E-state index in [9.17, 15) is 9.90 Å². The number of Topliss-reactive ketones (excluding diaryl/α,β-unsaturated/α-hetero) is 1. The number of benzene rings is 1. The average molecular weight is 291 g/mol. The van der Waals surface area contributed by atoms with Crippen molar-refractivity contribution in [3.8, 4) is 5.75 Å². The van der Waals surface area contributed by atoms with E-state index >= 15 is 0 Å². The fraction of sp³-hybridized carbons (Fsp3) is 0.588. The van der Waals surface area contributed by atoms with E-state index in [0.717, 1.165) is 11.3 Å². The SMILES string of the molecule is CCOc1ccc(C(C)=O)cc1CN1CC(O)(C(C)C)C1. The summed E-state index contributed by atoms with van der Waals surface area (Å²) in [5.41, 5.74) is 1.13. The van der Waals surface area contributed by atoms with Crippen LogP contribution in [0.3, 0.4) is 0 Å². The summed E-state index contributed by atoms with van der Waals surface area (Å²) >= 11 is 0. The molecule has 0 amide bonds. The predicted octanol–water partition coefficient (Wildman–Crippen LogP) is 2.49. The molecule has 1 aliphatic rings. The first-order valence-corrected chi connectivity index (χ1v) is 7.57. The van der Waals surface area contributed by atoms with Crippen LogP contribution in [-0.2, 0) is 6.54 Å². The van der Waals surface area contributed by atoms with Gasteiger partial charge in [0.15, 0.2) is 5.78 Å². The lowest BCUT2D eigenvalue weighted by Crippen LogP contribution is -2.63. The molecule has 0 bridgehead atoms. The molecule has 0 aromatic heterocycles. The minimum Gasteiger partial charge on any atom is -0.494 e. The quantitative estimate of drug-likeness (QED) is 0.818. The number of carbonyl (C=O) groups excluding carboxylic acids is 1. The molecular weight excluding hydrogens is 266 g/mol. The summed E-state index contributed by atoms with van der Waals surface area (Å²) in [5.74, 6) is 1.13. The molecule has 0 radical (unpaired) electrons. The fourth-order valence-electron chi connectivity index (χ4n) is 2.66. The maximum atomic E-state index is 11.5. The molecule has 4 nitrogen and oxygen atoms in total. The monoisotopic (exact) mass is 291 g/mol. The van der Waals surface area contributed by atoms with Crippen molar-refractivity contribution < 1.29 is 14.6 Å². The molecule has 0 atom stereocenters. The average Bonchev–Trinajstić information content (AvgIpc) is 2.38. The van der Waals surface area contributed by atoms with Crippen molar-refractivity contribution in [1.82, 2.24) is 4.90 Å². The summed E-state index contributed by atoms with van der Waals surface area (Å²) in [7, 11) is 0. The molecule has 21 heavy (non-hydrogen) atoms. The number of nitrogens with zero attached hydrogens (tertiary/aromatic N) is 1. The number of β-amino-alcohol motifs (C(OH)–C–C–N with tert-alkyl or cyclic N) is 1. The van der Waals surface area contributed by atoms with Gasteiger partial charge in [0.2, 0.25) is 0 Å². The van der Waals surface area contributed by atoms with E-state index in [2.05, 4.69) is 4.90 Å². The Balaban J connectivity index is 2.11. The number of hydrogen-bond donors (Lipinski definition) is 1. The molecule has 1 saturated heterocycles. The number of carbonyl (C=O) groups is 1. The van der Waals surface area contributed by atoms with Crippen molar-refractivity contribution in [1.29, 1.82) is 0 Å². The van der Waals surface area contributed by atoms with Gasteiger partial charge in [-0.05, 0) is 38.0 Å². The van der Waals surface area contributed by atoms with Gasteiger partial charge in [0.25, 0.3) is 0 Å². The van der Waals surface area contributed by atoms with Crippen LogP contribution >= 0.6 is 0 Å². The lowest BCUT2D eigenvalue weighted by molar-refractivity contribution is -0.131. The van der Waals surface area contributed by atoms with Gasteiger partial charge in [-0.2, -0.15) is 0 Å². The minimum atomic E-state index is -0.579. The first kappa shape index (κ1) is 16.0. The van der Waals surface area contributed by atoms with E-state index in [-0.39, 0.29) is 11.7 Å². The molecule has 1 aromatic rings. The first-order chi connectivity index (χ1) is 9.85. The molecule has 0 spiro atoms. The standard InChI is InChI=1S/C17H25NO3/c1-5-21-16-7-6-14(13(4)19)8-15(16)9-18-10-17(20,11-18)12(2)3/h6-8,12,20H,5,9-11H2,1-4H3. The van der Waals surface area contributed by atoms with E-state index in [1.54, 1.807) is 13.0 Å². The Morgan fingerprint density at radius 3 is 2.62 bits per heavy atom. The zero-order chi connectivity index (χ0) is 15.6. The number of likely N-dealkylation sites (tertiary alicyclic amines) is 1. The number of aliphatic hydroxyl groups is 1. The Morgan fingerprint density at radius 2 is 2.10 bits per heavy atom. The van der Waals surface area contributed by atoms with Crippen LogP contribution in [0.5, 0.6) is 5.75 Å². The molecule has 1 heterocycles. The zero-order valence-corrected chi connectivity index (χ0v) is 13.3. The fourth-order valence-corrected chi connectivity index (χ4v) is 2.66. The van der Waals surface area contributed by atoms with Crippen LogP contribution in [-0.4, -0.2) is 41.1 Å². The molecule has 1 N–H and O–H groups in total. The maximum Gasteiger partial charge on any atom is 0.159 e. The predicted molar refractivity (Wildman–Crippen MR) is 82.7 cm³/mol. The molecule has 2 rings (SSSR count). The summed E-state index contributed by atoms with van der Waals surface area (Å²) in [4.78, 5) is 13.7. The van der Waals surface area contributed by atoms with Crippen molar-refractivity contribution in [2.45, 2.75) is 39.8 Å². The molecule has 4 heteroatoms. The van der Waals surface area contributed by atoms with E-state index in [0.29, 0.717) is 31.8 Å². The van der Waals surface area contributed by atoms with Crippen LogP contribution in [0.15, 0.2) is 18.2 Å². The number of ketones is 1. The third-order valence-electron chi connectivity index (χ3n) is 4.23. The summed E-state index contributed by atoms with van der Waals surface area (Å²) in [6.07, 6.45) is 0. The van der Waals surface area contributed by atoms with Crippen molar-refractivity contribution >= 4 is 5.78 Å². The van der Waals surface area contributed by atoms with Crippen molar-refractivity contribution in [2.24, 2.45) is 5.92 Å². The zero-order valence-electron chi connectivity index (χ0n) is 13.3. The summed E-state index contributed by atoms with van der Waals surface area (Å²) in [6, 6.07) is 5.57. The van der Waals surface area contributed by atoms with Gasteiger partial charge in [-0.15, -0.1) is 0 Å². The van der Waals surface area contributed by atoms with Gasteiger partial charge >= 0.3 is 0 Å². The molecule has 1 aliphatic heterocycles. The summed E-state index contributed by atoms with van der Waals surface area (Å²) in [6.45, 7) is 10.2. The van der Waals surface area contributed by atoms with E-state index in [1.807, 2.05) is 32.9 Å². The van der Waals surface area contributed by atoms with Crippen LogP contribution in [0.1, 0.15) is 43.6 Å². The molecule has 1 fully saturated rings. The Hall–Kier alpha value is -1.39. The summed E-state index contributed by atoms with van der Waals surface area (Å²) < 4.78 is 5.64. The second-order valence-corrected chi connectivity index (χ2v) is 6.22. The van der Waals surface area contributed by atoms with Gasteiger partial charge in [0, 0.05) is 30.8 Å². The van der Waals surface area contributed by atoms with Gasteiger partial charge in [-0.1, -0.05) is 13.8 Å². The second kappa shape index (κ2) is 6.16. The van der Waals surface area contributed by atoms with Crippen molar-refractivity contribution in [3.05, 3.63) is 29.3 Å². The molecule has 1 aromatic carbocycles. The molecule has 0 saturated carbocycles. The van der Waals surface area contributed by atoms with Gasteiger partial charge in [-0.25, -0.2) is 0 Å². The van der Waals surface area contributed by atoms with Crippen LogP contribution in [0, 0.1) is 5.92 Å². The Morgan fingerprint density at radius 1 is 1.43 bits per heavy atom. The highest BCUT2D eigenvalue weighted by atomic mass is 16.5. The maximum absolute atomic E-state index is 11.5. The third kappa shape index (κ3) is 3.44. The minimum absolute atomic E-state index is 0.0570. The Labute approximate surface area is 126 Å². The highest BCUT2D eigenvalue weighted by molar-refractivity contribution is 5.94. The summed E-state index contributed by atoms with van der Waals surface area (Å²) in [5, 5.41) is 10.3. The Kier molecular flexibility index (Phi) is 4.69. The van der Waals surface area contributed by atoms with Gasteiger partial charge in [0.05, 0.1) is 12.2 Å². The van der Waals surface area contributed by atoms with E-state index < -0.39 is 5.60 Å². The van der Waals surface area contributed by atoms with E-state index in [1.165, 1.54) is 0 Å². The van der Waals surface area contributed by atoms with Gasteiger partial charge in [0.1, 0.15) is 5.75 Å². The van der Waals surface area contributed by atoms with Gasteiger partial charge < -0.3 is 9.84 Å². The second-order valence-electron chi connectivity index (χ2n) is 6.22. The topological polar surface area (TPSA) is 49.8 Å². The lowest BCUT2D eigenvalue weighted by atomic mass is 9.83. The van der Waals surface area contributed by atoms with Crippen LogP contribution in [0.2, 0.25) is 0 Å². The van der Waals surface area contributed by atoms with Crippen LogP contribution < -0.4 is 4.74 Å². The van der Waals surface area contributed by atoms with Crippen molar-refractivity contribution in [2.75, 3.05) is 19.7 Å². The van der Waals surface area contributed by atoms with Crippen molar-refractivity contribution in [3.63, 3.8) is 0 Å². The third-order valence-corrected chi connectivity index (χ3v) is 4.23. The van der Waals surface area contributed by atoms with Crippen LogP contribution in [0.4, 0.5) is 0 Å². The number of rotatable bonds is 6. The number of ether oxygens (including phenoxy) is 1. The lowest BCUT2D eigenvalue weighted by Gasteiger charge is -2.49. The van der Waals surface area contributed by atoms with Gasteiger partial charge in [-0.3, -0.25) is 9.69 Å². The largest absolute Gasteiger partial charge is 0.494 e. The highest BCUT2D eigenvalue weighted by Gasteiger charge is 2.43. The molecule has 116 valence electrons.